The molecule has 0 aliphatic rings. The maximum absolute atomic E-state index is 12.7. The van der Waals surface area contributed by atoms with Crippen molar-refractivity contribution < 1.29 is 240 Å². The van der Waals surface area contributed by atoms with Gasteiger partial charge in [-0.15, -0.1) is 0 Å². The van der Waals surface area contributed by atoms with E-state index in [9.17, 15) is 92.0 Å². The molecule has 460 valence electrons. The third kappa shape index (κ3) is 21.8. The Balaban J connectivity index is 0.00000119. The summed E-state index contributed by atoms with van der Waals surface area (Å²) in [7, 11) is -13.8. The number of carbonyl (C=O) groups excluding carboxylic acids is 4. The summed E-state index contributed by atoms with van der Waals surface area (Å²) in [5.74, 6) is -6.37. The number of hydrogen-bond donors (Lipinski definition) is 6. The third-order valence-corrected chi connectivity index (χ3v) is 15.2. The van der Waals surface area contributed by atoms with Crippen LogP contribution in [0.15, 0.2) is 177 Å². The van der Waals surface area contributed by atoms with Gasteiger partial charge in [0, 0.05) is 47.0 Å². The van der Waals surface area contributed by atoms with Crippen LogP contribution in [0.25, 0.3) is 0 Å². The van der Waals surface area contributed by atoms with Crippen LogP contribution in [0.3, 0.4) is 0 Å². The van der Waals surface area contributed by atoms with E-state index in [1.807, 2.05) is 6.07 Å². The molecule has 0 saturated heterocycles. The summed E-state index contributed by atoms with van der Waals surface area (Å²) in [6.07, 6.45) is 0. The Hall–Kier alpha value is -5.92. The van der Waals surface area contributed by atoms with Crippen LogP contribution < -0.4 is 142 Å². The number of aromatic hydroxyl groups is 5. The minimum Gasteiger partial charge on any atom is -1.00 e. The number of ketones is 4. The monoisotopic (exact) mass is 1370 g/mol. The molecule has 0 saturated carbocycles. The quantitative estimate of drug-likeness (QED) is 0.0281. The average Bonchev–Trinajstić information content (AvgIpc) is 0.974. The van der Waals surface area contributed by atoms with Crippen molar-refractivity contribution in [3.05, 3.63) is 202 Å². The zero-order chi connectivity index (χ0) is 64.9. The van der Waals surface area contributed by atoms with E-state index in [-0.39, 0.29) is 171 Å². The molecule has 34 heteroatoms. The van der Waals surface area contributed by atoms with Crippen molar-refractivity contribution >= 4 is 63.6 Å². The van der Waals surface area contributed by atoms with Gasteiger partial charge < -0.3 is 64.3 Å². The van der Waals surface area contributed by atoms with Crippen LogP contribution >= 0.6 is 0 Å². The largest absolute Gasteiger partial charge is 1.00 e. The normalized spacial score (nSPS) is 10.6. The third-order valence-electron chi connectivity index (χ3n) is 11.7. The minimum atomic E-state index is -5.12. The van der Waals surface area contributed by atoms with Gasteiger partial charge in [0.1, 0.15) is 92.7 Å². The molecule has 0 unspecified atom stereocenters. The van der Waals surface area contributed by atoms with E-state index in [0.29, 0.717) is 35.6 Å². The van der Waals surface area contributed by atoms with Crippen molar-refractivity contribution in [2.24, 2.45) is 0 Å². The summed E-state index contributed by atoms with van der Waals surface area (Å²) >= 11 is 0. The van der Waals surface area contributed by atoms with Gasteiger partial charge in [0.2, 0.25) is 5.78 Å². The van der Waals surface area contributed by atoms with Gasteiger partial charge in [0.05, 0.1) is 78.1 Å². The smallest absolute Gasteiger partial charge is 1.00 e. The Morgan fingerprint density at radius 3 is 0.813 bits per heavy atom. The Morgan fingerprint density at radius 1 is 0.330 bits per heavy atom. The van der Waals surface area contributed by atoms with Gasteiger partial charge in [-0.25, -0.2) is 25.3 Å². The summed E-state index contributed by atoms with van der Waals surface area (Å²) in [4.78, 5) is 46.0. The number of benzene rings is 8. The number of methoxy groups -OCH3 is 5. The first kappa shape index (κ1) is 83.1. The van der Waals surface area contributed by atoms with Crippen molar-refractivity contribution in [2.75, 3.05) is 35.5 Å². The summed E-state index contributed by atoms with van der Waals surface area (Å²) in [5, 5.41) is 49.4. The molecule has 8 rings (SSSR count). The number of phenols is 5. The van der Waals surface area contributed by atoms with E-state index in [1.165, 1.54) is 44.6 Å². The maximum atomic E-state index is 12.7. The second-order valence-electron chi connectivity index (χ2n) is 17.2. The molecule has 0 amide bonds. The molecule has 0 aromatic heterocycles. The van der Waals surface area contributed by atoms with Crippen LogP contribution in [0.1, 0.15) is 65.1 Å². The van der Waals surface area contributed by atoms with Crippen molar-refractivity contribution in [1.82, 2.24) is 0 Å². The molecule has 0 heterocycles. The molecule has 0 spiro atoms. The Labute approximate surface area is 611 Å². The van der Waals surface area contributed by atoms with Crippen LogP contribution in [0.4, 0.5) is 0 Å². The molecule has 91 heavy (non-hydrogen) atoms. The van der Waals surface area contributed by atoms with Gasteiger partial charge >= 0.3 is 118 Å². The van der Waals surface area contributed by atoms with Crippen molar-refractivity contribution in [3.8, 4) is 57.5 Å². The van der Waals surface area contributed by atoms with E-state index in [4.69, 9.17) is 18.8 Å². The number of ether oxygens (including phenoxy) is 5. The van der Waals surface area contributed by atoms with Crippen LogP contribution in [0.5, 0.6) is 57.5 Å². The zero-order valence-corrected chi connectivity index (χ0v) is 60.8. The topological polar surface area (TPSA) is 442 Å². The molecule has 0 fully saturated rings. The van der Waals surface area contributed by atoms with Crippen molar-refractivity contribution in [3.63, 3.8) is 0 Å². The van der Waals surface area contributed by atoms with Crippen LogP contribution in [-0.4, -0.2) is 136 Å². The molecule has 0 aliphatic heterocycles. The summed E-state index contributed by atoms with van der Waals surface area (Å²) < 4.78 is 157. The molecule has 8 aromatic carbocycles. The fourth-order valence-corrected chi connectivity index (χ4v) is 10.2. The molecular formula is C57H48Na4O26S4. The van der Waals surface area contributed by atoms with Crippen LogP contribution in [-0.2, 0) is 40.5 Å². The molecular weight excluding hydrogens is 1320 g/mol. The van der Waals surface area contributed by atoms with E-state index in [2.05, 4.69) is 9.47 Å². The molecule has 8 aromatic rings. The van der Waals surface area contributed by atoms with Gasteiger partial charge in [-0.1, -0.05) is 91.0 Å². The second-order valence-corrected chi connectivity index (χ2v) is 22.7. The molecule has 0 aliphatic carbocycles. The molecule has 6 N–H and O–H groups in total. The number of rotatable bonds is 17. The fourth-order valence-electron chi connectivity index (χ4n) is 7.56. The van der Waals surface area contributed by atoms with Crippen LogP contribution in [0, 0.1) is 0 Å². The Bertz CT molecular complexity index is 4170. The average molecular weight is 1370 g/mol. The second kappa shape index (κ2) is 35.9. The summed E-state index contributed by atoms with van der Waals surface area (Å²) in [6.45, 7) is 0. The van der Waals surface area contributed by atoms with Crippen molar-refractivity contribution in [1.29, 1.82) is 0 Å². The maximum Gasteiger partial charge on any atom is 1.00 e. The first-order chi connectivity index (χ1) is 40.7. The van der Waals surface area contributed by atoms with Crippen molar-refractivity contribution in [2.45, 2.75) is 19.6 Å². The number of hydrogen-bond acceptors (Lipinski definition) is 25. The molecule has 26 nitrogen and oxygen atoms in total. The van der Waals surface area contributed by atoms with Gasteiger partial charge in [-0.2, -0.15) is 8.42 Å². The Kier molecular flexibility index (Phi) is 32.8. The predicted molar refractivity (Wildman–Crippen MR) is 301 cm³/mol. The van der Waals surface area contributed by atoms with E-state index >= 15 is 0 Å². The first-order valence-corrected chi connectivity index (χ1v) is 29.6. The summed E-state index contributed by atoms with van der Waals surface area (Å²) in [5.41, 5.74) is -0.683. The fraction of sp³-hybridized carbons (Fsp3) is 0.0877. The van der Waals surface area contributed by atoms with Gasteiger partial charge in [-0.3, -0.25) is 23.7 Å². The zero-order valence-electron chi connectivity index (χ0n) is 50.5. The Morgan fingerprint density at radius 2 is 0.571 bits per heavy atom. The standard InChI is InChI=1S/C15H14O11S2.2C14H12O6S.C14H12O3.4Na.H/c1-25-11-5-9(16)7(3-13(11)27(19,20)21)15(18)8-4-14(28(22,23)24)12(26-2)6-10(8)17;2*1-20-12-8-11(15)10(7-13(12)21(17,18)19)14(16)9-5-3-2-4-6-9;1-17-11-7-8-12(13(15)9-11)14(16)10-5-3-2-4-6-10;;;;;/h3-6,16-17H,1-2H3,(H,19,20,21)(H,22,23,24);2*2-8,15H,1H3,(H,17,18,19);2-9,15H,1H3;;;;;/q;;;;4*+1;-1/p-3. The first-order valence-electron chi connectivity index (χ1n) is 23.9. The predicted octanol–water partition coefficient (Wildman–Crippen LogP) is -5.67. The van der Waals surface area contributed by atoms with E-state index in [0.717, 1.165) is 45.6 Å². The van der Waals surface area contributed by atoms with Gasteiger partial charge in [0.15, 0.2) is 17.3 Å². The van der Waals surface area contributed by atoms with Gasteiger partial charge in [-0.05, 0) is 36.4 Å². The SMILES string of the molecule is COc1cc(O)c(C(=O)c2cc(S(=O)(=O)[O-])c(OC)cc2O)cc1S(=O)(=O)[O-].COc1cc(O)c(C(=O)c2ccccc2)cc1S(=O)(=O)O.COc1cc(O)c(C(=O)c2ccccc2)cc1S(=O)(=O)[O-].COc1ccc(C(=O)c2ccccc2)c(O)c1.[H-].[Na+].[Na+].[Na+].[Na+]. The molecule has 0 atom stereocenters. The van der Waals surface area contributed by atoms with Gasteiger partial charge in [0.25, 0.3) is 10.1 Å². The number of carbonyl (C=O) groups is 4. The minimum absolute atomic E-state index is 0. The van der Waals surface area contributed by atoms with E-state index in [1.54, 1.807) is 72.8 Å². The summed E-state index contributed by atoms with van der Waals surface area (Å²) in [6, 6.07) is 35.5. The molecule has 0 radical (unpaired) electrons. The van der Waals surface area contributed by atoms with Crippen LogP contribution in [0.2, 0.25) is 0 Å². The number of phenolic OH excluding ortho intramolecular Hbond substituents is 5. The van der Waals surface area contributed by atoms with E-state index < -0.39 is 123 Å². The molecule has 0 bridgehead atoms.